The second-order valence-electron chi connectivity index (χ2n) is 4.98. The van der Waals surface area contributed by atoms with Crippen LogP contribution in [-0.2, 0) is 14.3 Å². The molecule has 20 heavy (non-hydrogen) atoms. The fraction of sp³-hybridized carbons (Fsp3) is 0.692. The first-order valence-corrected chi connectivity index (χ1v) is 6.17. The van der Waals surface area contributed by atoms with Crippen molar-refractivity contribution in [3.05, 3.63) is 11.6 Å². The molecule has 1 aliphatic rings. The van der Waals surface area contributed by atoms with Crippen molar-refractivity contribution in [1.82, 2.24) is 0 Å². The van der Waals surface area contributed by atoms with E-state index in [0.29, 0.717) is 0 Å². The molecule has 1 fully saturated rings. The minimum absolute atomic E-state index is 0.198. The predicted octanol–water partition coefficient (Wildman–Crippen LogP) is -1.02. The molecular weight excluding hydrogens is 268 g/mol. The molecule has 0 aromatic heterocycles. The number of rotatable bonds is 5. The number of carbonyl (C=O) groups excluding carboxylic acids is 2. The van der Waals surface area contributed by atoms with Gasteiger partial charge in [0.15, 0.2) is 0 Å². The van der Waals surface area contributed by atoms with Crippen LogP contribution in [-0.4, -0.2) is 58.8 Å². The van der Waals surface area contributed by atoms with Crippen molar-refractivity contribution in [3.63, 3.8) is 0 Å². The molecule has 0 aromatic rings. The molecule has 7 nitrogen and oxygen atoms in total. The smallest absolute Gasteiger partial charge is 0.321 e. The molecule has 1 aliphatic heterocycles. The first-order valence-electron chi connectivity index (χ1n) is 6.17. The summed E-state index contributed by atoms with van der Waals surface area (Å²) in [6.07, 6.45) is 1.96. The van der Waals surface area contributed by atoms with Gasteiger partial charge in [0.05, 0.1) is 44.2 Å². The third-order valence-electron chi connectivity index (χ3n) is 2.78. The normalized spacial score (nSPS) is 18.2. The Hall–Kier alpha value is -1.28. The number of hydrogen-bond donors (Lipinski definition) is 4. The summed E-state index contributed by atoms with van der Waals surface area (Å²) < 4.78 is 4.35. The average Bonchev–Trinajstić information content (AvgIpc) is 2.71. The molecule has 0 aromatic carbocycles. The van der Waals surface area contributed by atoms with E-state index in [1.165, 1.54) is 0 Å². The zero-order valence-electron chi connectivity index (χ0n) is 11.7. The number of carbonyl (C=O) groups is 2. The fourth-order valence-corrected chi connectivity index (χ4v) is 1.32. The monoisotopic (exact) mass is 290 g/mol. The van der Waals surface area contributed by atoms with Gasteiger partial charge in [-0.3, -0.25) is 9.59 Å². The lowest BCUT2D eigenvalue weighted by Crippen LogP contribution is -2.37. The quantitative estimate of drug-likeness (QED) is 0.290. The Bertz CT molecular complexity index is 336. The summed E-state index contributed by atoms with van der Waals surface area (Å²) in [5.74, 6) is -1.18. The molecule has 0 saturated carbocycles. The van der Waals surface area contributed by atoms with Gasteiger partial charge < -0.3 is 25.2 Å². The lowest BCUT2D eigenvalue weighted by atomic mass is 9.93. The first kappa shape index (κ1) is 18.7. The van der Waals surface area contributed by atoms with Crippen molar-refractivity contribution in [2.75, 3.05) is 26.4 Å². The van der Waals surface area contributed by atoms with Crippen LogP contribution in [0, 0.1) is 11.3 Å². The van der Waals surface area contributed by atoms with Crippen molar-refractivity contribution < 1.29 is 34.8 Å². The molecule has 116 valence electrons. The molecule has 0 bridgehead atoms. The van der Waals surface area contributed by atoms with Crippen LogP contribution < -0.4 is 0 Å². The van der Waals surface area contributed by atoms with Crippen molar-refractivity contribution >= 4 is 11.9 Å². The van der Waals surface area contributed by atoms with E-state index in [4.69, 9.17) is 20.4 Å². The molecule has 4 N–H and O–H groups in total. The summed E-state index contributed by atoms with van der Waals surface area (Å²) in [5.41, 5.74) is -0.0818. The van der Waals surface area contributed by atoms with Crippen LogP contribution in [0.15, 0.2) is 11.6 Å². The van der Waals surface area contributed by atoms with Crippen molar-refractivity contribution in [1.29, 1.82) is 0 Å². The highest BCUT2D eigenvalue weighted by molar-refractivity contribution is 5.95. The largest absolute Gasteiger partial charge is 0.396 e. The van der Waals surface area contributed by atoms with Gasteiger partial charge in [-0.15, -0.1) is 0 Å². The maximum atomic E-state index is 10.8. The number of esters is 2. The molecule has 1 unspecified atom stereocenters. The van der Waals surface area contributed by atoms with Crippen molar-refractivity contribution in [3.8, 4) is 0 Å². The summed E-state index contributed by atoms with van der Waals surface area (Å²) in [6, 6.07) is 0. The molecule has 0 spiro atoms. The fourth-order valence-electron chi connectivity index (χ4n) is 1.32. The molecule has 0 amide bonds. The van der Waals surface area contributed by atoms with Crippen LogP contribution in [0.2, 0.25) is 0 Å². The predicted molar refractivity (Wildman–Crippen MR) is 69.4 cm³/mol. The van der Waals surface area contributed by atoms with E-state index in [1.54, 1.807) is 6.08 Å². The molecular formula is C13H22O7. The number of allylic oxidation sites excluding steroid dienone is 1. The molecule has 1 atom stereocenters. The number of ether oxygens (including phenoxy) is 1. The van der Waals surface area contributed by atoms with Gasteiger partial charge in [-0.25, -0.2) is 0 Å². The zero-order valence-corrected chi connectivity index (χ0v) is 11.7. The highest BCUT2D eigenvalue weighted by atomic mass is 16.6. The van der Waals surface area contributed by atoms with E-state index in [0.717, 1.165) is 5.57 Å². The van der Waals surface area contributed by atoms with E-state index in [1.807, 2.05) is 13.8 Å². The van der Waals surface area contributed by atoms with Gasteiger partial charge in [0.2, 0.25) is 0 Å². The van der Waals surface area contributed by atoms with Crippen LogP contribution in [0.1, 0.15) is 20.3 Å². The Labute approximate surface area is 117 Å². The Morgan fingerprint density at radius 3 is 1.80 bits per heavy atom. The molecule has 1 saturated heterocycles. The third-order valence-corrected chi connectivity index (χ3v) is 2.78. The molecule has 1 rings (SSSR count). The van der Waals surface area contributed by atoms with Crippen LogP contribution >= 0.6 is 0 Å². The second kappa shape index (κ2) is 8.80. The minimum Gasteiger partial charge on any atom is -0.396 e. The van der Waals surface area contributed by atoms with Gasteiger partial charge in [-0.1, -0.05) is 11.6 Å². The molecule has 0 aliphatic carbocycles. The lowest BCUT2D eigenvalue weighted by Gasteiger charge is -2.23. The Morgan fingerprint density at radius 1 is 1.15 bits per heavy atom. The maximum Gasteiger partial charge on any atom is 0.321 e. The highest BCUT2D eigenvalue weighted by Gasteiger charge is 2.31. The SMILES string of the molecule is CC(C)=CC1CC(=O)OC1=O.OCC(CO)(CO)CO. The first-order chi connectivity index (χ1) is 9.33. The van der Waals surface area contributed by atoms with E-state index < -0.39 is 43.8 Å². The Kier molecular flexibility index (Phi) is 8.24. The van der Waals surface area contributed by atoms with Gasteiger partial charge >= 0.3 is 11.9 Å². The second-order valence-corrected chi connectivity index (χ2v) is 4.98. The topological polar surface area (TPSA) is 124 Å². The molecule has 1 heterocycles. The Balaban J connectivity index is 0.000000370. The van der Waals surface area contributed by atoms with Gasteiger partial charge in [-0.05, 0) is 13.8 Å². The summed E-state index contributed by atoms with van der Waals surface area (Å²) in [6.45, 7) is 2.14. The molecule has 7 heteroatoms. The lowest BCUT2D eigenvalue weighted by molar-refractivity contribution is -0.152. The number of aliphatic hydroxyl groups is 4. The van der Waals surface area contributed by atoms with Crippen LogP contribution in [0.25, 0.3) is 0 Å². The average molecular weight is 290 g/mol. The van der Waals surface area contributed by atoms with Crippen molar-refractivity contribution in [2.24, 2.45) is 11.3 Å². The van der Waals surface area contributed by atoms with E-state index in [2.05, 4.69) is 4.74 Å². The minimum atomic E-state index is -1.11. The summed E-state index contributed by atoms with van der Waals surface area (Å²) in [5, 5.41) is 34.0. The van der Waals surface area contributed by atoms with Gasteiger partial charge in [-0.2, -0.15) is 0 Å². The third kappa shape index (κ3) is 5.79. The Morgan fingerprint density at radius 2 is 1.60 bits per heavy atom. The maximum absolute atomic E-state index is 10.8. The van der Waals surface area contributed by atoms with E-state index in [-0.39, 0.29) is 12.3 Å². The van der Waals surface area contributed by atoms with E-state index >= 15 is 0 Å². The standard InChI is InChI=1S/C8H10O3.C5H12O4/c1-5(2)3-6-4-7(9)11-8(6)10;6-1-5(2-7,3-8)4-9/h3,6H,4H2,1-2H3;6-9H,1-4H2. The number of cyclic esters (lactones) is 2. The van der Waals surface area contributed by atoms with Crippen LogP contribution in [0.3, 0.4) is 0 Å². The summed E-state index contributed by atoms with van der Waals surface area (Å²) >= 11 is 0. The summed E-state index contributed by atoms with van der Waals surface area (Å²) in [4.78, 5) is 21.4. The van der Waals surface area contributed by atoms with Crippen LogP contribution in [0.5, 0.6) is 0 Å². The number of hydrogen-bond acceptors (Lipinski definition) is 7. The van der Waals surface area contributed by atoms with Gasteiger partial charge in [0.25, 0.3) is 0 Å². The van der Waals surface area contributed by atoms with E-state index in [9.17, 15) is 9.59 Å². The van der Waals surface area contributed by atoms with Crippen molar-refractivity contribution in [2.45, 2.75) is 20.3 Å². The van der Waals surface area contributed by atoms with Gasteiger partial charge in [0, 0.05) is 0 Å². The zero-order chi connectivity index (χ0) is 15.8. The van der Waals surface area contributed by atoms with Gasteiger partial charge in [0.1, 0.15) is 0 Å². The van der Waals surface area contributed by atoms with Crippen LogP contribution in [0.4, 0.5) is 0 Å². The highest BCUT2D eigenvalue weighted by Crippen LogP contribution is 2.18. The number of aliphatic hydroxyl groups excluding tert-OH is 4. The summed E-state index contributed by atoms with van der Waals surface area (Å²) in [7, 11) is 0. The molecule has 0 radical (unpaired) electrons.